The van der Waals surface area contributed by atoms with E-state index in [0.717, 1.165) is 6.07 Å². The van der Waals surface area contributed by atoms with E-state index in [1.807, 2.05) is 0 Å². The van der Waals surface area contributed by atoms with E-state index < -0.39 is 23.9 Å². The zero-order chi connectivity index (χ0) is 16.0. The number of nitrogens with one attached hydrogen (secondary N) is 1. The molecule has 1 atom stereocenters. The SMILES string of the molecule is COc1ccc(C(=O)NC(CCC(=O)O)C(=O)O)cc1O. The second-order valence-electron chi connectivity index (χ2n) is 4.18. The Bertz CT molecular complexity index is 555. The van der Waals surface area contributed by atoms with Crippen molar-refractivity contribution in [3.8, 4) is 11.5 Å². The number of aromatic hydroxyl groups is 1. The van der Waals surface area contributed by atoms with E-state index in [1.165, 1.54) is 19.2 Å². The van der Waals surface area contributed by atoms with Crippen LogP contribution >= 0.6 is 0 Å². The number of methoxy groups -OCH3 is 1. The summed E-state index contributed by atoms with van der Waals surface area (Å²) in [7, 11) is 1.35. The van der Waals surface area contributed by atoms with E-state index in [4.69, 9.17) is 14.9 Å². The van der Waals surface area contributed by atoms with Crippen LogP contribution in [0.1, 0.15) is 23.2 Å². The molecule has 0 bridgehead atoms. The standard InChI is InChI=1S/C13H15NO7/c1-21-10-4-2-7(6-9(10)15)12(18)14-8(13(19)20)3-5-11(16)17/h2,4,6,8,15H,3,5H2,1H3,(H,14,18)(H,16,17)(H,19,20). The van der Waals surface area contributed by atoms with Crippen molar-refractivity contribution >= 4 is 17.8 Å². The molecule has 0 aromatic heterocycles. The van der Waals surface area contributed by atoms with Gasteiger partial charge in [-0.25, -0.2) is 4.79 Å². The van der Waals surface area contributed by atoms with Crippen LogP contribution in [-0.2, 0) is 9.59 Å². The molecular formula is C13H15NO7. The van der Waals surface area contributed by atoms with Crippen LogP contribution < -0.4 is 10.1 Å². The molecule has 0 saturated carbocycles. The van der Waals surface area contributed by atoms with Crippen LogP contribution in [0.25, 0.3) is 0 Å². The first-order chi connectivity index (χ1) is 9.85. The average molecular weight is 297 g/mol. The first-order valence-corrected chi connectivity index (χ1v) is 5.97. The lowest BCUT2D eigenvalue weighted by Crippen LogP contribution is -2.41. The van der Waals surface area contributed by atoms with Crippen LogP contribution in [0.5, 0.6) is 11.5 Å². The van der Waals surface area contributed by atoms with Crippen molar-refractivity contribution in [3.05, 3.63) is 23.8 Å². The van der Waals surface area contributed by atoms with Crippen molar-refractivity contribution in [2.75, 3.05) is 7.11 Å². The van der Waals surface area contributed by atoms with Crippen molar-refractivity contribution in [3.63, 3.8) is 0 Å². The summed E-state index contributed by atoms with van der Waals surface area (Å²) in [6, 6.07) is 2.52. The summed E-state index contributed by atoms with van der Waals surface area (Å²) < 4.78 is 4.82. The summed E-state index contributed by atoms with van der Waals surface area (Å²) in [4.78, 5) is 33.3. The number of phenols is 1. The van der Waals surface area contributed by atoms with Crippen molar-refractivity contribution in [2.24, 2.45) is 0 Å². The third kappa shape index (κ3) is 4.68. The Kier molecular flexibility index (Phi) is 5.53. The molecule has 1 aromatic carbocycles. The molecule has 8 heteroatoms. The fourth-order valence-electron chi connectivity index (χ4n) is 1.60. The number of carbonyl (C=O) groups excluding carboxylic acids is 1. The number of carboxylic acids is 2. The molecule has 1 amide bonds. The van der Waals surface area contributed by atoms with E-state index >= 15 is 0 Å². The summed E-state index contributed by atoms with van der Waals surface area (Å²) in [5.74, 6) is -3.31. The third-order valence-electron chi connectivity index (χ3n) is 2.69. The van der Waals surface area contributed by atoms with E-state index in [0.29, 0.717) is 0 Å². The molecule has 0 aliphatic rings. The van der Waals surface area contributed by atoms with Crippen molar-refractivity contribution < 1.29 is 34.4 Å². The molecule has 1 aromatic rings. The van der Waals surface area contributed by atoms with Crippen LogP contribution in [0, 0.1) is 0 Å². The quantitative estimate of drug-likeness (QED) is 0.574. The summed E-state index contributed by atoms with van der Waals surface area (Å²) in [5.41, 5.74) is 0.0369. The molecule has 1 rings (SSSR count). The Hall–Kier alpha value is -2.77. The number of aliphatic carboxylic acids is 2. The van der Waals surface area contributed by atoms with Gasteiger partial charge in [0.15, 0.2) is 11.5 Å². The van der Waals surface area contributed by atoms with Gasteiger partial charge in [0, 0.05) is 12.0 Å². The number of carbonyl (C=O) groups is 3. The first-order valence-electron chi connectivity index (χ1n) is 5.97. The van der Waals surface area contributed by atoms with Crippen LogP contribution in [0.15, 0.2) is 18.2 Å². The average Bonchev–Trinajstić information content (AvgIpc) is 2.42. The normalized spacial score (nSPS) is 11.5. The van der Waals surface area contributed by atoms with Gasteiger partial charge in [-0.3, -0.25) is 9.59 Å². The van der Waals surface area contributed by atoms with Gasteiger partial charge in [0.2, 0.25) is 0 Å². The summed E-state index contributed by atoms with van der Waals surface area (Å²) >= 11 is 0. The Morgan fingerprint density at radius 2 is 1.95 bits per heavy atom. The third-order valence-corrected chi connectivity index (χ3v) is 2.69. The second kappa shape index (κ2) is 7.13. The predicted molar refractivity (Wildman–Crippen MR) is 70.4 cm³/mol. The second-order valence-corrected chi connectivity index (χ2v) is 4.18. The predicted octanol–water partition coefficient (Wildman–Crippen LogP) is 0.449. The van der Waals surface area contributed by atoms with Crippen molar-refractivity contribution in [1.29, 1.82) is 0 Å². The molecule has 21 heavy (non-hydrogen) atoms. The first kappa shape index (κ1) is 16.3. The topological polar surface area (TPSA) is 133 Å². The van der Waals surface area contributed by atoms with Crippen molar-refractivity contribution in [2.45, 2.75) is 18.9 Å². The lowest BCUT2D eigenvalue weighted by molar-refractivity contribution is -0.140. The lowest BCUT2D eigenvalue weighted by Gasteiger charge is -2.14. The fourth-order valence-corrected chi connectivity index (χ4v) is 1.60. The Morgan fingerprint density at radius 1 is 1.29 bits per heavy atom. The molecule has 114 valence electrons. The number of carboxylic acid groups (broad SMARTS) is 2. The van der Waals surface area contributed by atoms with Gasteiger partial charge < -0.3 is 25.4 Å². The minimum atomic E-state index is -1.33. The smallest absolute Gasteiger partial charge is 0.326 e. The molecule has 0 spiro atoms. The van der Waals surface area contributed by atoms with Crippen LogP contribution in [0.3, 0.4) is 0 Å². The fraction of sp³-hybridized carbons (Fsp3) is 0.308. The van der Waals surface area contributed by atoms with E-state index in [2.05, 4.69) is 5.32 Å². The number of benzene rings is 1. The number of hydrogen-bond acceptors (Lipinski definition) is 5. The molecule has 0 fully saturated rings. The highest BCUT2D eigenvalue weighted by atomic mass is 16.5. The van der Waals surface area contributed by atoms with Gasteiger partial charge in [0.05, 0.1) is 7.11 Å². The summed E-state index contributed by atoms with van der Waals surface area (Å²) in [6.45, 7) is 0. The number of amides is 1. The Balaban J connectivity index is 2.79. The molecular weight excluding hydrogens is 282 g/mol. The van der Waals surface area contributed by atoms with E-state index in [-0.39, 0.29) is 29.9 Å². The molecule has 0 aliphatic heterocycles. The highest BCUT2D eigenvalue weighted by Crippen LogP contribution is 2.26. The molecule has 4 N–H and O–H groups in total. The van der Waals surface area contributed by atoms with Crippen LogP contribution in [0.4, 0.5) is 0 Å². The number of ether oxygens (including phenoxy) is 1. The lowest BCUT2D eigenvalue weighted by atomic mass is 10.1. The molecule has 0 radical (unpaired) electrons. The van der Waals surface area contributed by atoms with E-state index in [9.17, 15) is 19.5 Å². The molecule has 1 unspecified atom stereocenters. The maximum atomic E-state index is 11.9. The maximum Gasteiger partial charge on any atom is 0.326 e. The van der Waals surface area contributed by atoms with Crippen LogP contribution in [0.2, 0.25) is 0 Å². The zero-order valence-corrected chi connectivity index (χ0v) is 11.2. The molecule has 0 aliphatic carbocycles. The van der Waals surface area contributed by atoms with Gasteiger partial charge in [-0.2, -0.15) is 0 Å². The zero-order valence-electron chi connectivity index (χ0n) is 11.2. The minimum Gasteiger partial charge on any atom is -0.504 e. The summed E-state index contributed by atoms with van der Waals surface area (Å²) in [6.07, 6.45) is -0.621. The molecule has 0 saturated heterocycles. The van der Waals surface area contributed by atoms with Gasteiger partial charge in [0.25, 0.3) is 5.91 Å². The van der Waals surface area contributed by atoms with E-state index in [1.54, 1.807) is 0 Å². The maximum absolute atomic E-state index is 11.9. The molecule has 0 heterocycles. The number of hydrogen-bond donors (Lipinski definition) is 4. The summed E-state index contributed by atoms with van der Waals surface area (Å²) in [5, 5.41) is 29.2. The van der Waals surface area contributed by atoms with Gasteiger partial charge >= 0.3 is 11.9 Å². The van der Waals surface area contributed by atoms with Gasteiger partial charge in [-0.15, -0.1) is 0 Å². The van der Waals surface area contributed by atoms with Gasteiger partial charge in [-0.05, 0) is 24.6 Å². The van der Waals surface area contributed by atoms with Gasteiger partial charge in [-0.1, -0.05) is 0 Å². The highest BCUT2D eigenvalue weighted by Gasteiger charge is 2.22. The largest absolute Gasteiger partial charge is 0.504 e. The monoisotopic (exact) mass is 297 g/mol. The number of phenolic OH excluding ortho intramolecular Hbond substituents is 1. The number of rotatable bonds is 7. The van der Waals surface area contributed by atoms with Crippen molar-refractivity contribution in [1.82, 2.24) is 5.32 Å². The minimum absolute atomic E-state index is 0.0369. The van der Waals surface area contributed by atoms with Gasteiger partial charge in [0.1, 0.15) is 6.04 Å². The highest BCUT2D eigenvalue weighted by molar-refractivity contribution is 5.97. The molecule has 8 nitrogen and oxygen atoms in total. The Labute approximate surface area is 120 Å². The van der Waals surface area contributed by atoms with Crippen LogP contribution in [-0.4, -0.2) is 46.3 Å². The Morgan fingerprint density at radius 3 is 2.43 bits per heavy atom.